The molecule has 2 heterocycles. The molecule has 3 aromatic rings. The van der Waals surface area contributed by atoms with Gasteiger partial charge in [-0.2, -0.15) is 5.10 Å². The molecule has 0 saturated carbocycles. The van der Waals surface area contributed by atoms with Crippen molar-refractivity contribution in [1.29, 1.82) is 0 Å². The highest BCUT2D eigenvalue weighted by molar-refractivity contribution is 5.81. The van der Waals surface area contributed by atoms with E-state index in [0.29, 0.717) is 11.0 Å². The van der Waals surface area contributed by atoms with Gasteiger partial charge >= 0.3 is 0 Å². The first-order valence-electron chi connectivity index (χ1n) is 5.70. The third-order valence-electron chi connectivity index (χ3n) is 2.83. The maximum Gasteiger partial charge on any atom is 0.271 e. The van der Waals surface area contributed by atoms with Crippen LogP contribution in [0.5, 0.6) is 0 Å². The molecule has 0 atom stereocenters. The summed E-state index contributed by atoms with van der Waals surface area (Å²) in [4.78, 5) is 27.5. The first kappa shape index (κ1) is 11.3. The van der Waals surface area contributed by atoms with Crippen LogP contribution in [-0.2, 0) is 0 Å². The van der Waals surface area contributed by atoms with Crippen LogP contribution in [0.1, 0.15) is 11.7 Å². The third kappa shape index (κ3) is 1.74. The zero-order valence-electron chi connectivity index (χ0n) is 10.1. The van der Waals surface area contributed by atoms with E-state index in [4.69, 9.17) is 0 Å². The quantitative estimate of drug-likeness (QED) is 0.655. The number of nitrogens with zero attached hydrogens (tertiary/aromatic N) is 4. The molecule has 6 heteroatoms. The second-order valence-corrected chi connectivity index (χ2v) is 4.07. The van der Waals surface area contributed by atoms with Gasteiger partial charge in [0.1, 0.15) is 11.7 Å². The molecule has 0 radical (unpaired) electrons. The molecular formula is C13H10N4O2. The topological polar surface area (TPSA) is 69.8 Å². The van der Waals surface area contributed by atoms with Gasteiger partial charge in [0.25, 0.3) is 5.56 Å². The van der Waals surface area contributed by atoms with Crippen molar-refractivity contribution in [1.82, 2.24) is 19.3 Å². The molecule has 0 bridgehead atoms. The van der Waals surface area contributed by atoms with Crippen LogP contribution in [0.4, 0.5) is 0 Å². The van der Waals surface area contributed by atoms with Gasteiger partial charge in [0.15, 0.2) is 5.65 Å². The molecule has 0 aliphatic heterocycles. The summed E-state index contributed by atoms with van der Waals surface area (Å²) in [5, 5.41) is 4.48. The van der Waals surface area contributed by atoms with E-state index in [-0.39, 0.29) is 5.91 Å². The zero-order valence-corrected chi connectivity index (χ0v) is 10.1. The second kappa shape index (κ2) is 4.16. The molecule has 1 aromatic carbocycles. The molecule has 0 spiro atoms. The van der Waals surface area contributed by atoms with Crippen molar-refractivity contribution in [3.63, 3.8) is 0 Å². The van der Waals surface area contributed by atoms with Crippen LogP contribution in [0.2, 0.25) is 0 Å². The van der Waals surface area contributed by atoms with E-state index in [0.717, 1.165) is 10.3 Å². The standard InChI is InChI=1S/C13H10N4O2/c1-9(18)16-8-14-12-11(13(16)19)7-15-17(12)10-5-3-2-4-6-10/h2-8H,1H3. The monoisotopic (exact) mass is 254 g/mol. The molecule has 94 valence electrons. The predicted octanol–water partition coefficient (Wildman–Crippen LogP) is 1.24. The van der Waals surface area contributed by atoms with Crippen molar-refractivity contribution in [3.05, 3.63) is 53.2 Å². The first-order chi connectivity index (χ1) is 9.18. The Balaban J connectivity index is 2.29. The van der Waals surface area contributed by atoms with E-state index < -0.39 is 5.56 Å². The van der Waals surface area contributed by atoms with Gasteiger partial charge in [-0.15, -0.1) is 0 Å². The largest absolute Gasteiger partial charge is 0.274 e. The average Bonchev–Trinajstić information content (AvgIpc) is 2.84. The van der Waals surface area contributed by atoms with E-state index in [1.54, 1.807) is 4.68 Å². The number of rotatable bonds is 1. The molecule has 0 fully saturated rings. The summed E-state index contributed by atoms with van der Waals surface area (Å²) in [7, 11) is 0. The molecule has 6 nitrogen and oxygen atoms in total. The van der Waals surface area contributed by atoms with Gasteiger partial charge in [0.2, 0.25) is 5.91 Å². The lowest BCUT2D eigenvalue weighted by molar-refractivity contribution is 0.0931. The number of fused-ring (bicyclic) bond motifs is 1. The Kier molecular flexibility index (Phi) is 2.49. The fourth-order valence-corrected chi connectivity index (χ4v) is 1.89. The summed E-state index contributed by atoms with van der Waals surface area (Å²) in [6.45, 7) is 1.32. The lowest BCUT2D eigenvalue weighted by Gasteiger charge is -2.03. The molecule has 0 aliphatic carbocycles. The highest BCUT2D eigenvalue weighted by Crippen LogP contribution is 2.12. The fourth-order valence-electron chi connectivity index (χ4n) is 1.89. The van der Waals surface area contributed by atoms with Crippen LogP contribution in [0, 0.1) is 0 Å². The molecule has 0 N–H and O–H groups in total. The van der Waals surface area contributed by atoms with E-state index in [1.807, 2.05) is 30.3 Å². The molecular weight excluding hydrogens is 244 g/mol. The van der Waals surface area contributed by atoms with Crippen LogP contribution in [0.15, 0.2) is 47.7 Å². The molecule has 0 amide bonds. The molecule has 0 saturated heterocycles. The summed E-state index contributed by atoms with van der Waals surface area (Å²) in [5.74, 6) is -0.369. The lowest BCUT2D eigenvalue weighted by Crippen LogP contribution is -2.24. The van der Waals surface area contributed by atoms with Gasteiger partial charge in [0, 0.05) is 6.92 Å². The Morgan fingerprint density at radius 3 is 2.63 bits per heavy atom. The van der Waals surface area contributed by atoms with E-state index in [2.05, 4.69) is 10.1 Å². The van der Waals surface area contributed by atoms with Crippen molar-refractivity contribution < 1.29 is 4.79 Å². The van der Waals surface area contributed by atoms with Crippen molar-refractivity contribution in [3.8, 4) is 5.69 Å². The highest BCUT2D eigenvalue weighted by Gasteiger charge is 2.12. The molecule has 19 heavy (non-hydrogen) atoms. The Hall–Kier alpha value is -2.76. The number of carbonyl (C=O) groups excluding carboxylic acids is 1. The lowest BCUT2D eigenvalue weighted by atomic mass is 10.3. The van der Waals surface area contributed by atoms with Crippen molar-refractivity contribution >= 4 is 16.9 Å². The van der Waals surface area contributed by atoms with Gasteiger partial charge < -0.3 is 0 Å². The Labute approximate surface area is 107 Å². The number of benzene rings is 1. The Morgan fingerprint density at radius 1 is 1.21 bits per heavy atom. The van der Waals surface area contributed by atoms with Crippen LogP contribution >= 0.6 is 0 Å². The van der Waals surface area contributed by atoms with Gasteiger partial charge in [-0.3, -0.25) is 9.59 Å². The smallest absolute Gasteiger partial charge is 0.271 e. The second-order valence-electron chi connectivity index (χ2n) is 4.07. The minimum Gasteiger partial charge on any atom is -0.274 e. The van der Waals surface area contributed by atoms with Crippen molar-refractivity contribution in [2.45, 2.75) is 6.92 Å². The van der Waals surface area contributed by atoms with Crippen LogP contribution in [0.25, 0.3) is 16.7 Å². The van der Waals surface area contributed by atoms with Crippen molar-refractivity contribution in [2.75, 3.05) is 0 Å². The molecule has 0 aliphatic rings. The summed E-state index contributed by atoms with van der Waals surface area (Å²) >= 11 is 0. The average molecular weight is 254 g/mol. The molecule has 2 aromatic heterocycles. The summed E-state index contributed by atoms with van der Waals surface area (Å²) in [5.41, 5.74) is 0.846. The molecule has 0 unspecified atom stereocenters. The van der Waals surface area contributed by atoms with Crippen LogP contribution < -0.4 is 5.56 Å². The Bertz CT molecular complexity index is 818. The Morgan fingerprint density at radius 2 is 1.95 bits per heavy atom. The fraction of sp³-hybridized carbons (Fsp3) is 0.0769. The van der Waals surface area contributed by atoms with Gasteiger partial charge in [-0.25, -0.2) is 14.2 Å². The van der Waals surface area contributed by atoms with Crippen LogP contribution in [-0.4, -0.2) is 25.2 Å². The van der Waals surface area contributed by atoms with Crippen molar-refractivity contribution in [2.24, 2.45) is 0 Å². The van der Waals surface area contributed by atoms with Crippen LogP contribution in [0.3, 0.4) is 0 Å². The first-order valence-corrected chi connectivity index (χ1v) is 5.70. The van der Waals surface area contributed by atoms with E-state index in [1.165, 1.54) is 19.4 Å². The number of hydrogen-bond acceptors (Lipinski definition) is 4. The summed E-state index contributed by atoms with van der Waals surface area (Å²) < 4.78 is 2.54. The number of carbonyl (C=O) groups is 1. The highest BCUT2D eigenvalue weighted by atomic mass is 16.2. The van der Waals surface area contributed by atoms with E-state index in [9.17, 15) is 9.59 Å². The summed E-state index contributed by atoms with van der Waals surface area (Å²) in [6, 6.07) is 9.37. The van der Waals surface area contributed by atoms with Gasteiger partial charge in [0.05, 0.1) is 11.9 Å². The van der Waals surface area contributed by atoms with E-state index >= 15 is 0 Å². The summed E-state index contributed by atoms with van der Waals surface area (Å²) in [6.07, 6.45) is 2.66. The number of hydrogen-bond donors (Lipinski definition) is 0. The normalized spacial score (nSPS) is 10.8. The minimum atomic E-state index is -0.403. The predicted molar refractivity (Wildman–Crippen MR) is 69.4 cm³/mol. The third-order valence-corrected chi connectivity index (χ3v) is 2.83. The number of para-hydroxylation sites is 1. The SMILES string of the molecule is CC(=O)n1cnc2c(cnn2-c2ccccc2)c1=O. The molecule has 3 rings (SSSR count). The van der Waals surface area contributed by atoms with Gasteiger partial charge in [-0.05, 0) is 12.1 Å². The minimum absolute atomic E-state index is 0.321. The zero-order chi connectivity index (χ0) is 13.4. The van der Waals surface area contributed by atoms with Gasteiger partial charge in [-0.1, -0.05) is 18.2 Å². The maximum atomic E-state index is 12.1. The maximum absolute atomic E-state index is 12.1. The number of aromatic nitrogens is 4.